The number of carbonyl (C=O) groups excluding carboxylic acids is 1. The third kappa shape index (κ3) is 13.8. The molecule has 6 heteroatoms. The van der Waals surface area contributed by atoms with E-state index < -0.39 is 5.97 Å². The van der Waals surface area contributed by atoms with Gasteiger partial charge in [-0.2, -0.15) is 0 Å². The highest BCUT2D eigenvalue weighted by atomic mass is 32.2. The zero-order valence-electron chi connectivity index (χ0n) is 26.0. The average molecular weight is 584 g/mol. The molecule has 0 aliphatic heterocycles. The molecule has 1 amide bonds. The smallest absolute Gasteiger partial charge is 0.336 e. The highest BCUT2D eigenvalue weighted by Gasteiger charge is 2.16. The maximum atomic E-state index is 12.9. The minimum Gasteiger partial charge on any atom is -0.491 e. The number of anilines is 1. The number of nitrogens with zero attached hydrogens (tertiary/aromatic N) is 1. The molecule has 0 aliphatic rings. The molecule has 0 fully saturated rings. The zero-order chi connectivity index (χ0) is 29.9. The zero-order valence-corrected chi connectivity index (χ0v) is 26.8. The fourth-order valence-electron chi connectivity index (χ4n) is 5.11. The summed E-state index contributed by atoms with van der Waals surface area (Å²) in [6, 6.07) is 12.8. The summed E-state index contributed by atoms with van der Waals surface area (Å²) in [5.41, 5.74) is 1.68. The summed E-state index contributed by atoms with van der Waals surface area (Å²) in [5.74, 6) is -0.268. The predicted molar refractivity (Wildman–Crippen MR) is 174 cm³/mol. The fraction of sp³-hybridized carbons (Fsp3) is 0.600. The van der Waals surface area contributed by atoms with Gasteiger partial charge in [0.25, 0.3) is 0 Å². The predicted octanol–water partition coefficient (Wildman–Crippen LogP) is 9.95. The van der Waals surface area contributed by atoms with Crippen molar-refractivity contribution in [3.8, 4) is 5.75 Å². The molecular formula is C35H53NO4S. The van der Waals surface area contributed by atoms with Gasteiger partial charge in [-0.1, -0.05) is 103 Å². The molecule has 41 heavy (non-hydrogen) atoms. The van der Waals surface area contributed by atoms with E-state index >= 15 is 0 Å². The molecule has 1 atom stereocenters. The molecule has 0 heterocycles. The Morgan fingerprint density at radius 2 is 1.37 bits per heavy atom. The minimum absolute atomic E-state index is 0.0990. The second kappa shape index (κ2) is 20.4. The largest absolute Gasteiger partial charge is 0.491 e. The van der Waals surface area contributed by atoms with Crippen molar-refractivity contribution in [2.75, 3.05) is 18.2 Å². The van der Waals surface area contributed by atoms with E-state index in [9.17, 15) is 14.7 Å². The van der Waals surface area contributed by atoms with Crippen LogP contribution in [-0.4, -0.2) is 36.4 Å². The average Bonchev–Trinajstić information content (AvgIpc) is 2.97. The lowest BCUT2D eigenvalue weighted by Gasteiger charge is -2.19. The first-order chi connectivity index (χ1) is 19.8. The van der Waals surface area contributed by atoms with Gasteiger partial charge in [0.1, 0.15) is 5.75 Å². The molecule has 228 valence electrons. The number of thioether (sulfide) groups is 1. The summed E-state index contributed by atoms with van der Waals surface area (Å²) in [6.07, 6.45) is 22.4. The van der Waals surface area contributed by atoms with E-state index in [4.69, 9.17) is 4.74 Å². The Bertz CT molecular complexity index is 1020. The van der Waals surface area contributed by atoms with E-state index in [1.807, 2.05) is 30.5 Å². The molecule has 5 nitrogen and oxygen atoms in total. The molecular weight excluding hydrogens is 530 g/mol. The van der Waals surface area contributed by atoms with Crippen LogP contribution in [0.4, 0.5) is 5.69 Å². The van der Waals surface area contributed by atoms with Crippen LogP contribution in [0, 0.1) is 0 Å². The maximum absolute atomic E-state index is 12.9. The number of rotatable bonds is 22. The van der Waals surface area contributed by atoms with Crippen LogP contribution in [0.1, 0.15) is 126 Å². The van der Waals surface area contributed by atoms with E-state index in [1.165, 1.54) is 107 Å². The third-order valence-electron chi connectivity index (χ3n) is 7.76. The number of hydrogen-bond acceptors (Lipinski definition) is 4. The van der Waals surface area contributed by atoms with Crippen molar-refractivity contribution >= 4 is 29.3 Å². The Morgan fingerprint density at radius 3 is 1.88 bits per heavy atom. The molecule has 2 rings (SSSR count). The number of carboxylic acids is 1. The van der Waals surface area contributed by atoms with Crippen molar-refractivity contribution in [2.45, 2.75) is 128 Å². The highest BCUT2D eigenvalue weighted by molar-refractivity contribution is 7.98. The lowest BCUT2D eigenvalue weighted by atomic mass is 10.0. The van der Waals surface area contributed by atoms with Crippen LogP contribution in [0.2, 0.25) is 0 Å². The van der Waals surface area contributed by atoms with Crippen LogP contribution < -0.4 is 9.64 Å². The number of carbonyl (C=O) groups is 2. The van der Waals surface area contributed by atoms with Crippen LogP contribution in [0.5, 0.6) is 5.75 Å². The number of hydrogen-bond donors (Lipinski definition) is 1. The van der Waals surface area contributed by atoms with Crippen LogP contribution in [-0.2, 0) is 11.2 Å². The normalized spacial score (nSPS) is 11.8. The van der Waals surface area contributed by atoms with Gasteiger partial charge in [-0.05, 0) is 61.9 Å². The van der Waals surface area contributed by atoms with Crippen molar-refractivity contribution in [1.29, 1.82) is 0 Å². The van der Waals surface area contributed by atoms with Crippen LogP contribution in [0.15, 0.2) is 47.4 Å². The molecule has 2 aromatic rings. The summed E-state index contributed by atoms with van der Waals surface area (Å²) in [6.45, 7) is 4.40. The number of ether oxygens (including phenoxy) is 1. The second-order valence-corrected chi connectivity index (χ2v) is 12.1. The number of amides is 1. The number of unbranched alkanes of at least 4 members (excludes halogenated alkanes) is 13. The van der Waals surface area contributed by atoms with Crippen molar-refractivity contribution < 1.29 is 19.4 Å². The van der Waals surface area contributed by atoms with Gasteiger partial charge in [0.2, 0.25) is 5.91 Å². The summed E-state index contributed by atoms with van der Waals surface area (Å²) in [4.78, 5) is 26.6. The van der Waals surface area contributed by atoms with Gasteiger partial charge in [-0.15, -0.1) is 11.8 Å². The summed E-state index contributed by atoms with van der Waals surface area (Å²) < 4.78 is 6.11. The Kier molecular flexibility index (Phi) is 17.3. The standard InChI is InChI=1S/C35H53NO4S/c1-5-6-7-8-9-10-11-12-13-14-15-16-17-18-19-28(2)40-31-23-20-29(21-24-31)26-34(37)36(3)30-22-25-33(41-4)32(27-30)35(38)39/h20-25,27-28H,5-19,26H2,1-4H3,(H,38,39). The SMILES string of the molecule is CCCCCCCCCCCCCCCCC(C)Oc1ccc(CC(=O)N(C)c2ccc(SC)c(C(=O)O)c2)cc1. The van der Waals surface area contributed by atoms with Gasteiger partial charge in [-0.3, -0.25) is 4.79 Å². The van der Waals surface area contributed by atoms with Crippen molar-refractivity contribution in [3.05, 3.63) is 53.6 Å². The van der Waals surface area contributed by atoms with Gasteiger partial charge >= 0.3 is 5.97 Å². The maximum Gasteiger partial charge on any atom is 0.336 e. The molecule has 0 bridgehead atoms. The van der Waals surface area contributed by atoms with E-state index in [1.54, 1.807) is 25.2 Å². The first-order valence-electron chi connectivity index (χ1n) is 15.8. The van der Waals surface area contributed by atoms with Gasteiger partial charge in [0.05, 0.1) is 18.1 Å². The van der Waals surface area contributed by atoms with E-state index in [2.05, 4.69) is 13.8 Å². The van der Waals surface area contributed by atoms with Gasteiger partial charge in [0, 0.05) is 17.6 Å². The molecule has 0 saturated heterocycles. The van der Waals surface area contributed by atoms with Crippen molar-refractivity contribution in [3.63, 3.8) is 0 Å². The summed E-state index contributed by atoms with van der Waals surface area (Å²) in [7, 11) is 1.68. The van der Waals surface area contributed by atoms with E-state index in [0.29, 0.717) is 10.6 Å². The lowest BCUT2D eigenvalue weighted by Crippen LogP contribution is -2.28. The third-order valence-corrected chi connectivity index (χ3v) is 8.55. The number of likely N-dealkylation sites (N-methyl/N-ethyl adjacent to an activating group) is 1. The topological polar surface area (TPSA) is 66.8 Å². The Balaban J connectivity index is 1.60. The molecule has 0 radical (unpaired) electrons. The molecule has 1 N–H and O–H groups in total. The van der Waals surface area contributed by atoms with Crippen molar-refractivity contribution in [2.24, 2.45) is 0 Å². The quantitative estimate of drug-likeness (QED) is 0.110. The molecule has 0 aromatic heterocycles. The number of aromatic carboxylic acids is 1. The fourth-order valence-corrected chi connectivity index (χ4v) is 5.68. The highest BCUT2D eigenvalue weighted by Crippen LogP contribution is 2.26. The first kappa shape index (κ1) is 34.7. The Hall–Kier alpha value is -2.47. The Labute approximate surface area is 253 Å². The van der Waals surface area contributed by atoms with Gasteiger partial charge < -0.3 is 14.7 Å². The molecule has 0 aliphatic carbocycles. The van der Waals surface area contributed by atoms with Crippen LogP contribution in [0.25, 0.3) is 0 Å². The van der Waals surface area contributed by atoms with E-state index in [-0.39, 0.29) is 24.0 Å². The van der Waals surface area contributed by atoms with E-state index in [0.717, 1.165) is 17.7 Å². The molecule has 1 unspecified atom stereocenters. The number of carboxylic acid groups (broad SMARTS) is 1. The minimum atomic E-state index is -0.994. The first-order valence-corrected chi connectivity index (χ1v) is 17.0. The number of benzene rings is 2. The van der Waals surface area contributed by atoms with Crippen molar-refractivity contribution in [1.82, 2.24) is 0 Å². The monoisotopic (exact) mass is 583 g/mol. The summed E-state index contributed by atoms with van der Waals surface area (Å²) >= 11 is 1.38. The van der Waals surface area contributed by atoms with Crippen LogP contribution in [0.3, 0.4) is 0 Å². The molecule has 0 saturated carbocycles. The molecule has 2 aromatic carbocycles. The van der Waals surface area contributed by atoms with Crippen LogP contribution >= 0.6 is 11.8 Å². The van der Waals surface area contributed by atoms with Gasteiger partial charge in [0.15, 0.2) is 0 Å². The van der Waals surface area contributed by atoms with Gasteiger partial charge in [-0.25, -0.2) is 4.79 Å². The Morgan fingerprint density at radius 1 is 0.829 bits per heavy atom. The molecule has 0 spiro atoms. The summed E-state index contributed by atoms with van der Waals surface area (Å²) in [5, 5.41) is 9.48. The second-order valence-electron chi connectivity index (χ2n) is 11.3. The lowest BCUT2D eigenvalue weighted by molar-refractivity contribution is -0.117.